The second-order valence-corrected chi connectivity index (χ2v) is 6.83. The summed E-state index contributed by atoms with van der Waals surface area (Å²) in [6, 6.07) is 12.8. The first kappa shape index (κ1) is 17.8. The molecule has 142 valence electrons. The van der Waals surface area contributed by atoms with E-state index in [-0.39, 0.29) is 24.1 Å². The highest BCUT2D eigenvalue weighted by Crippen LogP contribution is 2.40. The molecule has 0 saturated carbocycles. The fourth-order valence-electron chi connectivity index (χ4n) is 3.58. The monoisotopic (exact) mass is 369 g/mol. The zero-order valence-electron chi connectivity index (χ0n) is 15.1. The number of benzene rings is 2. The molecule has 0 radical (unpaired) electrons. The number of hydrogen-bond acceptors (Lipinski definition) is 6. The van der Waals surface area contributed by atoms with Crippen LogP contribution < -0.4 is 9.47 Å². The standard InChI is InChI=1S/C21H23NO5/c23-16-4-5-18-19(14-21(24)27-20(18)13-16)15-2-1-3-17(12-15)26-11-8-22-6-9-25-10-7-22/h1-5,12-13,19,23H,6-11,14H2. The number of morpholine rings is 1. The van der Waals surface area contributed by atoms with Gasteiger partial charge in [-0.05, 0) is 23.8 Å². The molecule has 1 saturated heterocycles. The molecule has 0 bridgehead atoms. The van der Waals surface area contributed by atoms with Crippen LogP contribution in [0, 0.1) is 0 Å². The molecule has 0 amide bonds. The van der Waals surface area contributed by atoms with Gasteiger partial charge in [0.1, 0.15) is 23.9 Å². The molecule has 6 nitrogen and oxygen atoms in total. The van der Waals surface area contributed by atoms with Crippen molar-refractivity contribution in [1.29, 1.82) is 0 Å². The number of carbonyl (C=O) groups is 1. The molecule has 0 aliphatic carbocycles. The van der Waals surface area contributed by atoms with Crippen molar-refractivity contribution in [3.63, 3.8) is 0 Å². The van der Waals surface area contributed by atoms with Gasteiger partial charge >= 0.3 is 5.97 Å². The molecule has 27 heavy (non-hydrogen) atoms. The maximum absolute atomic E-state index is 12.0. The van der Waals surface area contributed by atoms with E-state index < -0.39 is 0 Å². The molecule has 2 heterocycles. The Balaban J connectivity index is 1.47. The molecule has 1 fully saturated rings. The fourth-order valence-corrected chi connectivity index (χ4v) is 3.58. The third-order valence-corrected chi connectivity index (χ3v) is 5.01. The van der Waals surface area contributed by atoms with Crippen molar-refractivity contribution in [3.05, 3.63) is 53.6 Å². The summed E-state index contributed by atoms with van der Waals surface area (Å²) in [7, 11) is 0. The quantitative estimate of drug-likeness (QED) is 0.645. The molecule has 2 aromatic carbocycles. The minimum atomic E-state index is -0.295. The number of hydrogen-bond donors (Lipinski definition) is 1. The second kappa shape index (κ2) is 7.98. The van der Waals surface area contributed by atoms with Crippen LogP contribution in [0.25, 0.3) is 0 Å². The molecular weight excluding hydrogens is 346 g/mol. The fraction of sp³-hybridized carbons (Fsp3) is 0.381. The van der Waals surface area contributed by atoms with E-state index in [1.165, 1.54) is 6.07 Å². The minimum absolute atomic E-state index is 0.0856. The summed E-state index contributed by atoms with van der Waals surface area (Å²) in [6.45, 7) is 4.92. The maximum Gasteiger partial charge on any atom is 0.312 e. The number of fused-ring (bicyclic) bond motifs is 1. The molecule has 1 N–H and O–H groups in total. The van der Waals surface area contributed by atoms with Crippen LogP contribution in [-0.4, -0.2) is 55.4 Å². The van der Waals surface area contributed by atoms with Crippen LogP contribution in [0.15, 0.2) is 42.5 Å². The van der Waals surface area contributed by atoms with Gasteiger partial charge in [-0.15, -0.1) is 0 Å². The highest BCUT2D eigenvalue weighted by molar-refractivity contribution is 5.78. The van der Waals surface area contributed by atoms with Gasteiger partial charge in [0.25, 0.3) is 0 Å². The van der Waals surface area contributed by atoms with E-state index in [1.54, 1.807) is 6.07 Å². The summed E-state index contributed by atoms with van der Waals surface area (Å²) in [5.74, 6) is 0.902. The molecule has 1 unspecified atom stereocenters. The van der Waals surface area contributed by atoms with Crippen molar-refractivity contribution in [2.75, 3.05) is 39.5 Å². The van der Waals surface area contributed by atoms with Crippen molar-refractivity contribution < 1.29 is 24.1 Å². The summed E-state index contributed by atoms with van der Waals surface area (Å²) in [6.07, 6.45) is 0.273. The molecular formula is C21H23NO5. The summed E-state index contributed by atoms with van der Waals surface area (Å²) < 4.78 is 16.6. The molecule has 2 aromatic rings. The lowest BCUT2D eigenvalue weighted by molar-refractivity contribution is -0.135. The van der Waals surface area contributed by atoms with Crippen molar-refractivity contribution in [3.8, 4) is 17.2 Å². The van der Waals surface area contributed by atoms with Gasteiger partial charge in [0.2, 0.25) is 0 Å². The van der Waals surface area contributed by atoms with Gasteiger partial charge in [-0.25, -0.2) is 0 Å². The highest BCUT2D eigenvalue weighted by Gasteiger charge is 2.28. The Hall–Kier alpha value is -2.57. The molecule has 2 aliphatic heterocycles. The SMILES string of the molecule is O=C1CC(c2cccc(OCCN3CCOCC3)c2)c2ccc(O)cc2O1. The summed E-state index contributed by atoms with van der Waals surface area (Å²) in [5, 5.41) is 9.66. The van der Waals surface area contributed by atoms with Crippen molar-refractivity contribution in [1.82, 2.24) is 4.90 Å². The Morgan fingerprint density at radius 3 is 2.85 bits per heavy atom. The van der Waals surface area contributed by atoms with Crippen molar-refractivity contribution in [2.24, 2.45) is 0 Å². The van der Waals surface area contributed by atoms with E-state index in [1.807, 2.05) is 30.3 Å². The first-order chi connectivity index (χ1) is 13.2. The first-order valence-electron chi connectivity index (χ1n) is 9.25. The van der Waals surface area contributed by atoms with Gasteiger partial charge in [-0.3, -0.25) is 9.69 Å². The average Bonchev–Trinajstić information content (AvgIpc) is 2.68. The Kier molecular flexibility index (Phi) is 5.27. The van der Waals surface area contributed by atoms with Gasteiger partial charge in [0.05, 0.1) is 19.6 Å². The van der Waals surface area contributed by atoms with E-state index in [0.29, 0.717) is 12.4 Å². The van der Waals surface area contributed by atoms with Gasteiger partial charge in [-0.1, -0.05) is 18.2 Å². The number of rotatable bonds is 5. The smallest absolute Gasteiger partial charge is 0.312 e. The molecule has 4 rings (SSSR count). The van der Waals surface area contributed by atoms with Crippen LogP contribution in [0.5, 0.6) is 17.2 Å². The van der Waals surface area contributed by atoms with Crippen molar-refractivity contribution in [2.45, 2.75) is 12.3 Å². The van der Waals surface area contributed by atoms with E-state index in [0.717, 1.165) is 49.7 Å². The van der Waals surface area contributed by atoms with E-state index >= 15 is 0 Å². The second-order valence-electron chi connectivity index (χ2n) is 6.83. The zero-order chi connectivity index (χ0) is 18.6. The number of nitrogens with zero attached hydrogens (tertiary/aromatic N) is 1. The predicted molar refractivity (Wildman–Crippen MR) is 99.4 cm³/mol. The highest BCUT2D eigenvalue weighted by atomic mass is 16.5. The Bertz CT molecular complexity index is 816. The summed E-state index contributed by atoms with van der Waals surface area (Å²) >= 11 is 0. The maximum atomic E-state index is 12.0. The third kappa shape index (κ3) is 4.23. The molecule has 2 aliphatic rings. The topological polar surface area (TPSA) is 68.2 Å². The predicted octanol–water partition coefficient (Wildman–Crippen LogP) is 2.54. The van der Waals surface area contributed by atoms with E-state index in [4.69, 9.17) is 14.2 Å². The van der Waals surface area contributed by atoms with Gasteiger partial charge in [0.15, 0.2) is 0 Å². The number of aromatic hydroxyl groups is 1. The number of ether oxygens (including phenoxy) is 3. The lowest BCUT2D eigenvalue weighted by atomic mass is 9.86. The zero-order valence-corrected chi connectivity index (χ0v) is 15.1. The number of phenols is 1. The van der Waals surface area contributed by atoms with Gasteiger partial charge < -0.3 is 19.3 Å². The Morgan fingerprint density at radius 1 is 1.15 bits per heavy atom. The number of phenolic OH excluding ortho intramolecular Hbond substituents is 1. The van der Waals surface area contributed by atoms with E-state index in [2.05, 4.69) is 4.90 Å². The normalized spacial score (nSPS) is 20.0. The molecule has 0 spiro atoms. The Morgan fingerprint density at radius 2 is 2.00 bits per heavy atom. The van der Waals surface area contributed by atoms with Gasteiger partial charge in [0, 0.05) is 37.2 Å². The molecule has 0 aromatic heterocycles. The van der Waals surface area contributed by atoms with Crippen LogP contribution in [0.2, 0.25) is 0 Å². The van der Waals surface area contributed by atoms with Crippen LogP contribution in [0.1, 0.15) is 23.5 Å². The largest absolute Gasteiger partial charge is 0.508 e. The lowest BCUT2D eigenvalue weighted by Crippen LogP contribution is -2.38. The van der Waals surface area contributed by atoms with Crippen molar-refractivity contribution >= 4 is 5.97 Å². The van der Waals surface area contributed by atoms with Crippen LogP contribution in [0.4, 0.5) is 0 Å². The first-order valence-corrected chi connectivity index (χ1v) is 9.25. The van der Waals surface area contributed by atoms with Gasteiger partial charge in [-0.2, -0.15) is 0 Å². The summed E-state index contributed by atoms with van der Waals surface area (Å²) in [4.78, 5) is 14.3. The molecule has 1 atom stereocenters. The Labute approximate surface area is 158 Å². The number of esters is 1. The third-order valence-electron chi connectivity index (χ3n) is 5.01. The van der Waals surface area contributed by atoms with Crippen LogP contribution in [0.3, 0.4) is 0 Å². The average molecular weight is 369 g/mol. The summed E-state index contributed by atoms with van der Waals surface area (Å²) in [5.41, 5.74) is 1.90. The lowest BCUT2D eigenvalue weighted by Gasteiger charge is -2.26. The van der Waals surface area contributed by atoms with Crippen LogP contribution >= 0.6 is 0 Å². The van der Waals surface area contributed by atoms with E-state index in [9.17, 15) is 9.90 Å². The molecule has 6 heteroatoms. The minimum Gasteiger partial charge on any atom is -0.508 e. The van der Waals surface area contributed by atoms with Crippen LogP contribution in [-0.2, 0) is 9.53 Å². The number of carbonyl (C=O) groups excluding carboxylic acids is 1.